The molecule has 2 aromatic carbocycles. The number of carbonyl (C=O) groups excluding carboxylic acids is 2. The van der Waals surface area contributed by atoms with Gasteiger partial charge in [-0.1, -0.05) is 29.8 Å². The summed E-state index contributed by atoms with van der Waals surface area (Å²) in [5.41, 5.74) is 3.84. The summed E-state index contributed by atoms with van der Waals surface area (Å²) in [6, 6.07) is 13.7. The number of aromatic amines is 1. The Morgan fingerprint density at radius 1 is 1.00 bits per heavy atom. The van der Waals surface area contributed by atoms with Gasteiger partial charge in [0.15, 0.2) is 0 Å². The van der Waals surface area contributed by atoms with Gasteiger partial charge < -0.3 is 14.8 Å². The Kier molecular flexibility index (Phi) is 5.45. The van der Waals surface area contributed by atoms with Gasteiger partial charge >= 0.3 is 0 Å². The van der Waals surface area contributed by atoms with Crippen LogP contribution in [0.2, 0.25) is 5.02 Å². The number of hydrogen-bond acceptors (Lipinski definition) is 2. The molecule has 0 bridgehead atoms. The number of para-hydroxylation sites is 1. The Morgan fingerprint density at radius 2 is 1.81 bits per heavy atom. The van der Waals surface area contributed by atoms with E-state index in [1.54, 1.807) is 6.20 Å². The third-order valence-corrected chi connectivity index (χ3v) is 6.86. The first-order valence-corrected chi connectivity index (χ1v) is 11.4. The van der Waals surface area contributed by atoms with Gasteiger partial charge in [0.2, 0.25) is 5.91 Å². The molecular weight excluding hydrogens is 410 g/mol. The molecule has 31 heavy (non-hydrogen) atoms. The predicted molar refractivity (Wildman–Crippen MR) is 124 cm³/mol. The highest BCUT2D eigenvalue weighted by Crippen LogP contribution is 2.32. The quantitative estimate of drug-likeness (QED) is 0.612. The van der Waals surface area contributed by atoms with Gasteiger partial charge in [-0.05, 0) is 61.9 Å². The fourth-order valence-electron chi connectivity index (χ4n) is 4.92. The van der Waals surface area contributed by atoms with Gasteiger partial charge in [0.1, 0.15) is 0 Å². The van der Waals surface area contributed by atoms with E-state index in [0.717, 1.165) is 53.0 Å². The van der Waals surface area contributed by atoms with Crippen LogP contribution in [0.15, 0.2) is 48.7 Å². The second-order valence-corrected chi connectivity index (χ2v) is 8.97. The number of aryl methyl sites for hydroxylation is 1. The summed E-state index contributed by atoms with van der Waals surface area (Å²) in [6.07, 6.45) is 6.21. The summed E-state index contributed by atoms with van der Waals surface area (Å²) in [5.74, 6) is 0.177. The molecule has 0 atom stereocenters. The minimum Gasteiger partial charge on any atom is -0.360 e. The Labute approximate surface area is 187 Å². The van der Waals surface area contributed by atoms with Gasteiger partial charge in [0.05, 0.1) is 5.56 Å². The number of amides is 2. The van der Waals surface area contributed by atoms with Crippen LogP contribution in [0.5, 0.6) is 0 Å². The van der Waals surface area contributed by atoms with E-state index >= 15 is 0 Å². The number of aromatic nitrogens is 1. The second kappa shape index (κ2) is 8.39. The van der Waals surface area contributed by atoms with Crippen LogP contribution in [-0.4, -0.2) is 41.3 Å². The maximum atomic E-state index is 13.4. The monoisotopic (exact) mass is 435 g/mol. The van der Waals surface area contributed by atoms with Crippen LogP contribution >= 0.6 is 11.6 Å². The first kappa shape index (κ1) is 20.1. The summed E-state index contributed by atoms with van der Waals surface area (Å²) in [5, 5.41) is 1.67. The van der Waals surface area contributed by atoms with Crippen molar-refractivity contribution >= 4 is 40.0 Å². The molecule has 0 spiro atoms. The number of H-pyrrole nitrogens is 1. The molecule has 3 heterocycles. The molecule has 160 valence electrons. The fourth-order valence-corrected chi connectivity index (χ4v) is 5.12. The molecule has 1 aromatic heterocycles. The number of rotatable bonds is 2. The number of piperidine rings is 1. The molecular formula is C25H26ClN3O2. The topological polar surface area (TPSA) is 56.4 Å². The number of nitrogens with one attached hydrogen (secondary N) is 1. The Bertz CT molecular complexity index is 1130. The molecule has 6 heteroatoms. The number of fused-ring (bicyclic) bond motifs is 2. The van der Waals surface area contributed by atoms with Gasteiger partial charge in [-0.2, -0.15) is 0 Å². The highest BCUT2D eigenvalue weighted by atomic mass is 35.5. The van der Waals surface area contributed by atoms with Crippen molar-refractivity contribution in [1.29, 1.82) is 0 Å². The predicted octanol–water partition coefficient (Wildman–Crippen LogP) is 5.04. The first-order valence-electron chi connectivity index (χ1n) is 11.1. The average Bonchev–Trinajstić information content (AvgIpc) is 3.12. The van der Waals surface area contributed by atoms with Crippen molar-refractivity contribution in [3.63, 3.8) is 0 Å². The molecule has 1 fully saturated rings. The van der Waals surface area contributed by atoms with Gasteiger partial charge in [-0.3, -0.25) is 9.59 Å². The van der Waals surface area contributed by atoms with E-state index in [1.165, 1.54) is 0 Å². The molecule has 2 aliphatic heterocycles. The molecule has 5 rings (SSSR count). The van der Waals surface area contributed by atoms with Crippen molar-refractivity contribution < 1.29 is 9.59 Å². The lowest BCUT2D eigenvalue weighted by atomic mass is 9.94. The molecule has 0 radical (unpaired) electrons. The molecule has 2 aliphatic rings. The normalized spacial score (nSPS) is 17.5. The Morgan fingerprint density at radius 3 is 2.65 bits per heavy atom. The smallest absolute Gasteiger partial charge is 0.256 e. The molecule has 2 amide bonds. The van der Waals surface area contributed by atoms with Gasteiger partial charge in [0.25, 0.3) is 5.91 Å². The van der Waals surface area contributed by atoms with Crippen LogP contribution in [0, 0.1) is 5.92 Å². The van der Waals surface area contributed by atoms with Crippen molar-refractivity contribution in [1.82, 2.24) is 9.88 Å². The standard InChI is InChI=1S/C25H26ClN3O2/c26-19-8-9-23-18(15-19)5-3-4-12-29(23)24(30)17-10-13-28(14-11-17)25(31)21-16-27-22-7-2-1-6-20(21)22/h1-2,6-9,15-17,27H,3-5,10-14H2. The Balaban J connectivity index is 1.28. The van der Waals surface area contributed by atoms with E-state index in [9.17, 15) is 9.59 Å². The van der Waals surface area contributed by atoms with Crippen molar-refractivity contribution in [2.24, 2.45) is 5.92 Å². The first-order chi connectivity index (χ1) is 15.1. The minimum absolute atomic E-state index is 0.0399. The summed E-state index contributed by atoms with van der Waals surface area (Å²) >= 11 is 6.19. The summed E-state index contributed by atoms with van der Waals surface area (Å²) < 4.78 is 0. The number of benzene rings is 2. The third kappa shape index (κ3) is 3.83. The molecule has 0 unspecified atom stereocenters. The zero-order valence-electron chi connectivity index (χ0n) is 17.4. The van der Waals surface area contributed by atoms with Crippen molar-refractivity contribution in [3.8, 4) is 0 Å². The highest BCUT2D eigenvalue weighted by Gasteiger charge is 2.32. The van der Waals surface area contributed by atoms with Crippen LogP contribution in [0.25, 0.3) is 10.9 Å². The molecule has 3 aromatic rings. The van der Waals surface area contributed by atoms with E-state index in [4.69, 9.17) is 11.6 Å². The summed E-state index contributed by atoms with van der Waals surface area (Å²) in [4.78, 5) is 33.5. The van der Waals surface area contributed by atoms with Crippen LogP contribution in [0.3, 0.4) is 0 Å². The maximum absolute atomic E-state index is 13.4. The lowest BCUT2D eigenvalue weighted by molar-refractivity contribution is -0.123. The van der Waals surface area contributed by atoms with Gasteiger partial charge in [-0.25, -0.2) is 0 Å². The van der Waals surface area contributed by atoms with Gasteiger partial charge in [-0.15, -0.1) is 0 Å². The molecule has 1 saturated heterocycles. The van der Waals surface area contributed by atoms with Gasteiger partial charge in [0, 0.05) is 53.4 Å². The molecule has 0 aliphatic carbocycles. The van der Waals surface area contributed by atoms with E-state index < -0.39 is 0 Å². The Hall–Kier alpha value is -2.79. The van der Waals surface area contributed by atoms with Crippen LogP contribution in [0.1, 0.15) is 41.6 Å². The minimum atomic E-state index is -0.0475. The summed E-state index contributed by atoms with van der Waals surface area (Å²) in [7, 11) is 0. The van der Waals surface area contributed by atoms with E-state index in [1.807, 2.05) is 52.3 Å². The zero-order valence-corrected chi connectivity index (χ0v) is 18.2. The number of nitrogens with zero attached hydrogens (tertiary/aromatic N) is 2. The highest BCUT2D eigenvalue weighted by molar-refractivity contribution is 6.30. The van der Waals surface area contributed by atoms with Crippen molar-refractivity contribution in [3.05, 3.63) is 64.8 Å². The number of halogens is 1. The number of hydrogen-bond donors (Lipinski definition) is 1. The van der Waals surface area contributed by atoms with E-state index in [-0.39, 0.29) is 17.7 Å². The number of carbonyl (C=O) groups is 2. The van der Waals surface area contributed by atoms with Crippen molar-refractivity contribution in [2.75, 3.05) is 24.5 Å². The van der Waals surface area contributed by atoms with Crippen LogP contribution < -0.4 is 4.90 Å². The van der Waals surface area contributed by atoms with Crippen LogP contribution in [-0.2, 0) is 11.2 Å². The number of likely N-dealkylation sites (tertiary alicyclic amines) is 1. The lowest BCUT2D eigenvalue weighted by Crippen LogP contribution is -2.44. The maximum Gasteiger partial charge on any atom is 0.256 e. The average molecular weight is 436 g/mol. The molecule has 1 N–H and O–H groups in total. The van der Waals surface area contributed by atoms with Crippen molar-refractivity contribution in [2.45, 2.75) is 32.1 Å². The SMILES string of the molecule is O=C(c1c[nH]c2ccccc12)N1CCC(C(=O)N2CCCCc3cc(Cl)ccc32)CC1. The number of anilines is 1. The summed E-state index contributed by atoms with van der Waals surface area (Å²) in [6.45, 7) is 1.97. The van der Waals surface area contributed by atoms with E-state index in [0.29, 0.717) is 31.5 Å². The second-order valence-electron chi connectivity index (χ2n) is 8.53. The largest absolute Gasteiger partial charge is 0.360 e. The van der Waals surface area contributed by atoms with E-state index in [2.05, 4.69) is 4.98 Å². The lowest BCUT2D eigenvalue weighted by Gasteiger charge is -2.34. The fraction of sp³-hybridized carbons (Fsp3) is 0.360. The van der Waals surface area contributed by atoms with Crippen LogP contribution in [0.4, 0.5) is 5.69 Å². The third-order valence-electron chi connectivity index (χ3n) is 6.63. The zero-order chi connectivity index (χ0) is 21.4. The molecule has 5 nitrogen and oxygen atoms in total. The molecule has 0 saturated carbocycles.